The number of hydrogen-bond donors (Lipinski definition) is 0. The molecule has 1 aliphatic rings. The molecule has 1 unspecified atom stereocenters. The molecule has 1 atom stereocenters. The summed E-state index contributed by atoms with van der Waals surface area (Å²) in [5, 5.41) is 0. The van der Waals surface area contributed by atoms with Crippen LogP contribution in [0.5, 0.6) is 0 Å². The molecule has 0 spiro atoms. The second-order valence-corrected chi connectivity index (χ2v) is 4.06. The molecule has 0 heterocycles. The van der Waals surface area contributed by atoms with E-state index in [0.29, 0.717) is 0 Å². The summed E-state index contributed by atoms with van der Waals surface area (Å²) in [5.41, 5.74) is 0.749. The van der Waals surface area contributed by atoms with E-state index >= 15 is 0 Å². The second-order valence-electron chi connectivity index (χ2n) is 4.06. The van der Waals surface area contributed by atoms with E-state index in [4.69, 9.17) is 0 Å². The first-order valence-electron chi connectivity index (χ1n) is 6.72. The molecule has 88 valence electrons. The molecule has 0 amide bonds. The van der Waals surface area contributed by atoms with E-state index in [-0.39, 0.29) is 0 Å². The van der Waals surface area contributed by atoms with Crippen molar-refractivity contribution in [3.63, 3.8) is 0 Å². The van der Waals surface area contributed by atoms with Crippen molar-refractivity contribution >= 4 is 0 Å². The van der Waals surface area contributed by atoms with Crippen molar-refractivity contribution in [3.8, 4) is 0 Å². The van der Waals surface area contributed by atoms with Gasteiger partial charge in [0.05, 0.1) is 0 Å². The van der Waals surface area contributed by atoms with Crippen LogP contribution in [0.25, 0.3) is 0 Å². The highest BCUT2D eigenvalue weighted by Gasteiger charge is 2.33. The first-order valence-corrected chi connectivity index (χ1v) is 6.72. The Bertz CT molecular complexity index is 101. The minimum absolute atomic E-state index is 0.749. The Morgan fingerprint density at radius 1 is 1.00 bits per heavy atom. The average molecular weight is 200 g/mol. The molecular weight excluding hydrogens is 168 g/mol. The maximum atomic E-state index is 2.40. The summed E-state index contributed by atoms with van der Waals surface area (Å²) in [6.07, 6.45) is 7.24. The fourth-order valence-electron chi connectivity index (χ4n) is 2.39. The van der Waals surface area contributed by atoms with Gasteiger partial charge in [-0.25, -0.2) is 0 Å². The van der Waals surface area contributed by atoms with Crippen LogP contribution in [0.4, 0.5) is 0 Å². The van der Waals surface area contributed by atoms with E-state index in [2.05, 4.69) is 20.8 Å². The molecule has 0 heteroatoms. The van der Waals surface area contributed by atoms with Crippen molar-refractivity contribution in [1.82, 2.24) is 0 Å². The summed E-state index contributed by atoms with van der Waals surface area (Å²) >= 11 is 0. The van der Waals surface area contributed by atoms with E-state index in [1.165, 1.54) is 32.1 Å². The Morgan fingerprint density at radius 3 is 1.57 bits per heavy atom. The molecule has 0 bridgehead atoms. The summed E-state index contributed by atoms with van der Waals surface area (Å²) in [5.74, 6) is 1.000. The van der Waals surface area contributed by atoms with Crippen LogP contribution >= 0.6 is 0 Å². The average Bonchev–Trinajstić information content (AvgIpc) is 2.67. The van der Waals surface area contributed by atoms with Crippen molar-refractivity contribution in [3.05, 3.63) is 0 Å². The Kier molecular flexibility index (Phi) is 11.2. The molecule has 1 rings (SSSR count). The van der Waals surface area contributed by atoms with Gasteiger partial charge in [0.15, 0.2) is 0 Å². The van der Waals surface area contributed by atoms with E-state index in [1.807, 2.05) is 27.7 Å². The summed E-state index contributed by atoms with van der Waals surface area (Å²) in [6, 6.07) is 0. The summed E-state index contributed by atoms with van der Waals surface area (Å²) in [7, 11) is 0. The minimum Gasteiger partial charge on any atom is -0.0683 e. The standard InChI is InChI=1S/C10H20.2C2H6/c1-4-10(5-2)7-6-9(3)8-10;2*1-2/h9H,4-8H2,1-3H3;2*1-2H3. The lowest BCUT2D eigenvalue weighted by Crippen LogP contribution is -2.13. The van der Waals surface area contributed by atoms with E-state index in [9.17, 15) is 0 Å². The van der Waals surface area contributed by atoms with Gasteiger partial charge in [-0.1, -0.05) is 67.7 Å². The van der Waals surface area contributed by atoms with Crippen molar-refractivity contribution in [2.75, 3.05) is 0 Å². The maximum absolute atomic E-state index is 2.40. The lowest BCUT2D eigenvalue weighted by atomic mass is 9.80. The van der Waals surface area contributed by atoms with Crippen molar-refractivity contribution in [2.24, 2.45) is 11.3 Å². The molecule has 1 aliphatic carbocycles. The highest BCUT2D eigenvalue weighted by molar-refractivity contribution is 4.85. The molecule has 0 N–H and O–H groups in total. The van der Waals surface area contributed by atoms with E-state index in [1.54, 1.807) is 0 Å². The Labute approximate surface area is 92.5 Å². The van der Waals surface area contributed by atoms with Crippen LogP contribution in [-0.2, 0) is 0 Å². The van der Waals surface area contributed by atoms with E-state index in [0.717, 1.165) is 11.3 Å². The van der Waals surface area contributed by atoms with Gasteiger partial charge in [0.2, 0.25) is 0 Å². The molecule has 0 saturated heterocycles. The highest BCUT2D eigenvalue weighted by Crippen LogP contribution is 2.46. The lowest BCUT2D eigenvalue weighted by Gasteiger charge is -2.25. The third-order valence-corrected chi connectivity index (χ3v) is 3.45. The fraction of sp³-hybridized carbons (Fsp3) is 1.00. The molecule has 14 heavy (non-hydrogen) atoms. The SMILES string of the molecule is CC.CC.CCC1(CC)CCC(C)C1. The summed E-state index contributed by atoms with van der Waals surface area (Å²) < 4.78 is 0. The van der Waals surface area contributed by atoms with E-state index < -0.39 is 0 Å². The number of hydrogen-bond acceptors (Lipinski definition) is 0. The number of rotatable bonds is 2. The first-order chi connectivity index (χ1) is 6.72. The molecule has 0 aliphatic heterocycles. The molecular formula is C14H32. The predicted octanol–water partition coefficient (Wildman–Crippen LogP) is 5.67. The first kappa shape index (κ1) is 16.4. The van der Waals surface area contributed by atoms with Gasteiger partial charge < -0.3 is 0 Å². The Balaban J connectivity index is 0. The molecule has 0 aromatic rings. The van der Waals surface area contributed by atoms with Gasteiger partial charge in [0.1, 0.15) is 0 Å². The van der Waals surface area contributed by atoms with Gasteiger partial charge >= 0.3 is 0 Å². The van der Waals surface area contributed by atoms with Crippen molar-refractivity contribution in [2.45, 2.75) is 80.6 Å². The summed E-state index contributed by atoms with van der Waals surface area (Å²) in [6.45, 7) is 15.1. The minimum atomic E-state index is 0.749. The predicted molar refractivity (Wildman–Crippen MR) is 68.7 cm³/mol. The van der Waals surface area contributed by atoms with Gasteiger partial charge in [0.25, 0.3) is 0 Å². The van der Waals surface area contributed by atoms with Gasteiger partial charge in [-0.05, 0) is 24.2 Å². The monoisotopic (exact) mass is 200 g/mol. The smallest absolute Gasteiger partial charge is 0.0300 e. The van der Waals surface area contributed by atoms with Crippen LogP contribution in [0.3, 0.4) is 0 Å². The normalized spacial score (nSPS) is 22.9. The quantitative estimate of drug-likeness (QED) is 0.539. The lowest BCUT2D eigenvalue weighted by molar-refractivity contribution is 0.263. The highest BCUT2D eigenvalue weighted by atomic mass is 14.4. The van der Waals surface area contributed by atoms with Crippen molar-refractivity contribution in [1.29, 1.82) is 0 Å². The topological polar surface area (TPSA) is 0 Å². The molecule has 1 fully saturated rings. The molecule has 0 radical (unpaired) electrons. The van der Waals surface area contributed by atoms with Crippen molar-refractivity contribution < 1.29 is 0 Å². The summed E-state index contributed by atoms with van der Waals surface area (Å²) in [4.78, 5) is 0. The van der Waals surface area contributed by atoms with Crippen LogP contribution in [-0.4, -0.2) is 0 Å². The molecule has 0 nitrogen and oxygen atoms in total. The molecule has 0 aromatic heterocycles. The second kappa shape index (κ2) is 9.55. The zero-order valence-corrected chi connectivity index (χ0v) is 11.6. The Hall–Kier alpha value is 0. The molecule has 0 aromatic carbocycles. The third-order valence-electron chi connectivity index (χ3n) is 3.45. The van der Waals surface area contributed by atoms with Crippen LogP contribution in [0.1, 0.15) is 80.6 Å². The van der Waals surface area contributed by atoms with Gasteiger partial charge in [-0.15, -0.1) is 0 Å². The van der Waals surface area contributed by atoms with Crippen LogP contribution in [0.2, 0.25) is 0 Å². The third kappa shape index (κ3) is 5.02. The maximum Gasteiger partial charge on any atom is -0.0300 e. The fourth-order valence-corrected chi connectivity index (χ4v) is 2.39. The largest absolute Gasteiger partial charge is 0.0683 e. The zero-order valence-electron chi connectivity index (χ0n) is 11.6. The van der Waals surface area contributed by atoms with Gasteiger partial charge in [0, 0.05) is 0 Å². The Morgan fingerprint density at radius 2 is 1.43 bits per heavy atom. The van der Waals surface area contributed by atoms with Crippen LogP contribution in [0, 0.1) is 11.3 Å². The van der Waals surface area contributed by atoms with Crippen LogP contribution in [0.15, 0.2) is 0 Å². The van der Waals surface area contributed by atoms with Gasteiger partial charge in [-0.2, -0.15) is 0 Å². The van der Waals surface area contributed by atoms with Gasteiger partial charge in [-0.3, -0.25) is 0 Å². The van der Waals surface area contributed by atoms with Crippen LogP contribution < -0.4 is 0 Å². The molecule has 1 saturated carbocycles. The zero-order chi connectivity index (χ0) is 11.6.